The van der Waals surface area contributed by atoms with Crippen molar-refractivity contribution in [2.45, 2.75) is 33.7 Å². The lowest BCUT2D eigenvalue weighted by molar-refractivity contribution is 0.0951. The Labute approximate surface area is 118 Å². The third-order valence-electron chi connectivity index (χ3n) is 3.50. The summed E-state index contributed by atoms with van der Waals surface area (Å²) in [5.41, 5.74) is 3.48. The average molecular weight is 275 g/mol. The van der Waals surface area contributed by atoms with Gasteiger partial charge < -0.3 is 5.32 Å². The Kier molecular flexibility index (Phi) is 4.22. The SMILES string of the molecule is Cc1nn(C)c(C)c1C(=O)NCCCn1nccc1C. The van der Waals surface area contributed by atoms with Crippen LogP contribution in [0.1, 0.15) is 33.9 Å². The van der Waals surface area contributed by atoms with Gasteiger partial charge in [-0.05, 0) is 33.3 Å². The molecule has 1 amide bonds. The van der Waals surface area contributed by atoms with Gasteiger partial charge in [0.05, 0.1) is 11.3 Å². The molecule has 0 aliphatic rings. The van der Waals surface area contributed by atoms with E-state index in [4.69, 9.17) is 0 Å². The van der Waals surface area contributed by atoms with E-state index in [0.717, 1.165) is 30.0 Å². The topological polar surface area (TPSA) is 64.7 Å². The number of rotatable bonds is 5. The molecule has 0 spiro atoms. The first kappa shape index (κ1) is 14.3. The molecule has 2 aromatic heterocycles. The van der Waals surface area contributed by atoms with Crippen molar-refractivity contribution in [2.75, 3.05) is 6.54 Å². The van der Waals surface area contributed by atoms with Crippen molar-refractivity contribution in [3.05, 3.63) is 34.9 Å². The number of aromatic nitrogens is 4. The van der Waals surface area contributed by atoms with Gasteiger partial charge in [-0.2, -0.15) is 10.2 Å². The van der Waals surface area contributed by atoms with Crippen LogP contribution in [-0.2, 0) is 13.6 Å². The Balaban J connectivity index is 1.85. The highest BCUT2D eigenvalue weighted by Gasteiger charge is 2.16. The lowest BCUT2D eigenvalue weighted by Crippen LogP contribution is -2.26. The molecule has 0 atom stereocenters. The van der Waals surface area contributed by atoms with Crippen LogP contribution in [0.3, 0.4) is 0 Å². The number of aryl methyl sites for hydroxylation is 4. The zero-order valence-electron chi connectivity index (χ0n) is 12.5. The van der Waals surface area contributed by atoms with Gasteiger partial charge >= 0.3 is 0 Å². The van der Waals surface area contributed by atoms with Gasteiger partial charge in [0.25, 0.3) is 5.91 Å². The van der Waals surface area contributed by atoms with Crippen LogP contribution in [0.25, 0.3) is 0 Å². The second-order valence-electron chi connectivity index (χ2n) is 4.97. The van der Waals surface area contributed by atoms with Crippen molar-refractivity contribution in [3.63, 3.8) is 0 Å². The minimum absolute atomic E-state index is 0.0507. The van der Waals surface area contributed by atoms with Gasteiger partial charge in [-0.1, -0.05) is 0 Å². The molecule has 2 rings (SSSR count). The summed E-state index contributed by atoms with van der Waals surface area (Å²) in [6.45, 7) is 7.22. The Morgan fingerprint density at radius 1 is 1.35 bits per heavy atom. The summed E-state index contributed by atoms with van der Waals surface area (Å²) in [5, 5.41) is 11.4. The summed E-state index contributed by atoms with van der Waals surface area (Å²) in [5.74, 6) is -0.0507. The molecule has 6 heteroatoms. The fraction of sp³-hybridized carbons (Fsp3) is 0.500. The lowest BCUT2D eigenvalue weighted by atomic mass is 10.2. The van der Waals surface area contributed by atoms with E-state index >= 15 is 0 Å². The molecule has 0 aliphatic carbocycles. The second kappa shape index (κ2) is 5.90. The molecule has 6 nitrogen and oxygen atoms in total. The predicted molar refractivity (Wildman–Crippen MR) is 76.6 cm³/mol. The van der Waals surface area contributed by atoms with E-state index in [1.54, 1.807) is 10.9 Å². The molecule has 0 aliphatic heterocycles. The van der Waals surface area contributed by atoms with Crippen molar-refractivity contribution in [1.82, 2.24) is 24.9 Å². The Morgan fingerprint density at radius 2 is 2.10 bits per heavy atom. The third kappa shape index (κ3) is 2.89. The molecule has 0 saturated carbocycles. The first-order chi connectivity index (χ1) is 9.50. The van der Waals surface area contributed by atoms with Crippen molar-refractivity contribution in [3.8, 4) is 0 Å². The maximum Gasteiger partial charge on any atom is 0.255 e. The maximum absolute atomic E-state index is 12.1. The van der Waals surface area contributed by atoms with Crippen LogP contribution in [0.2, 0.25) is 0 Å². The van der Waals surface area contributed by atoms with E-state index in [9.17, 15) is 4.79 Å². The minimum atomic E-state index is -0.0507. The van der Waals surface area contributed by atoms with Crippen LogP contribution < -0.4 is 5.32 Å². The molecular weight excluding hydrogens is 254 g/mol. The van der Waals surface area contributed by atoms with E-state index in [-0.39, 0.29) is 5.91 Å². The molecule has 0 aromatic carbocycles. The zero-order chi connectivity index (χ0) is 14.7. The number of nitrogens with one attached hydrogen (secondary N) is 1. The van der Waals surface area contributed by atoms with E-state index in [2.05, 4.69) is 15.5 Å². The number of hydrogen-bond acceptors (Lipinski definition) is 3. The van der Waals surface area contributed by atoms with E-state index < -0.39 is 0 Å². The van der Waals surface area contributed by atoms with Crippen LogP contribution in [0.5, 0.6) is 0 Å². The summed E-state index contributed by atoms with van der Waals surface area (Å²) in [6, 6.07) is 1.97. The first-order valence-electron chi connectivity index (χ1n) is 6.77. The monoisotopic (exact) mass is 275 g/mol. The third-order valence-corrected chi connectivity index (χ3v) is 3.50. The summed E-state index contributed by atoms with van der Waals surface area (Å²) in [4.78, 5) is 12.1. The second-order valence-corrected chi connectivity index (χ2v) is 4.97. The molecule has 20 heavy (non-hydrogen) atoms. The standard InChI is InChI=1S/C14H21N5O/c1-10-6-8-16-19(10)9-5-7-15-14(20)13-11(2)17-18(4)12(13)3/h6,8H,5,7,9H2,1-4H3,(H,15,20). The average Bonchev–Trinajstić information content (AvgIpc) is 2.90. The first-order valence-corrected chi connectivity index (χ1v) is 6.77. The fourth-order valence-electron chi connectivity index (χ4n) is 2.25. The molecule has 2 heterocycles. The molecule has 0 unspecified atom stereocenters. The summed E-state index contributed by atoms with van der Waals surface area (Å²) in [7, 11) is 1.85. The smallest absolute Gasteiger partial charge is 0.255 e. The van der Waals surface area contributed by atoms with Gasteiger partial charge in [-0.15, -0.1) is 0 Å². The summed E-state index contributed by atoms with van der Waals surface area (Å²) < 4.78 is 3.67. The zero-order valence-corrected chi connectivity index (χ0v) is 12.5. The quantitative estimate of drug-likeness (QED) is 0.838. The van der Waals surface area contributed by atoms with Crippen molar-refractivity contribution >= 4 is 5.91 Å². The van der Waals surface area contributed by atoms with Crippen LogP contribution in [0.4, 0.5) is 0 Å². The van der Waals surface area contributed by atoms with Gasteiger partial charge in [0.15, 0.2) is 0 Å². The molecule has 108 valence electrons. The molecule has 1 N–H and O–H groups in total. The fourth-order valence-corrected chi connectivity index (χ4v) is 2.25. The van der Waals surface area contributed by atoms with Gasteiger partial charge in [0, 0.05) is 37.7 Å². The van der Waals surface area contributed by atoms with E-state index in [1.165, 1.54) is 0 Å². The molecular formula is C14H21N5O. The lowest BCUT2D eigenvalue weighted by Gasteiger charge is -2.07. The number of hydrogen-bond donors (Lipinski definition) is 1. The number of carbonyl (C=O) groups is 1. The highest BCUT2D eigenvalue weighted by atomic mass is 16.1. The molecule has 0 radical (unpaired) electrons. The van der Waals surface area contributed by atoms with Gasteiger partial charge in [-0.3, -0.25) is 14.2 Å². The summed E-state index contributed by atoms with van der Waals surface area (Å²) >= 11 is 0. The van der Waals surface area contributed by atoms with Crippen LogP contribution in [-0.4, -0.2) is 32.0 Å². The number of nitrogens with zero attached hydrogens (tertiary/aromatic N) is 4. The largest absolute Gasteiger partial charge is 0.352 e. The Bertz CT molecular complexity index is 611. The number of carbonyl (C=O) groups excluding carboxylic acids is 1. The van der Waals surface area contributed by atoms with Crippen molar-refractivity contribution in [1.29, 1.82) is 0 Å². The van der Waals surface area contributed by atoms with Gasteiger partial charge in [0.2, 0.25) is 0 Å². The van der Waals surface area contributed by atoms with Crippen LogP contribution in [0, 0.1) is 20.8 Å². The van der Waals surface area contributed by atoms with Crippen molar-refractivity contribution < 1.29 is 4.79 Å². The van der Waals surface area contributed by atoms with Crippen LogP contribution in [0.15, 0.2) is 12.3 Å². The molecule has 0 fully saturated rings. The predicted octanol–water partition coefficient (Wildman–Crippen LogP) is 1.36. The highest BCUT2D eigenvalue weighted by Crippen LogP contribution is 2.11. The van der Waals surface area contributed by atoms with Crippen LogP contribution >= 0.6 is 0 Å². The Morgan fingerprint density at radius 3 is 2.65 bits per heavy atom. The van der Waals surface area contributed by atoms with Gasteiger partial charge in [0.1, 0.15) is 0 Å². The summed E-state index contributed by atoms with van der Waals surface area (Å²) in [6.07, 6.45) is 2.64. The molecule has 2 aromatic rings. The molecule has 0 saturated heterocycles. The maximum atomic E-state index is 12.1. The van der Waals surface area contributed by atoms with E-state index in [1.807, 2.05) is 38.6 Å². The minimum Gasteiger partial charge on any atom is -0.352 e. The van der Waals surface area contributed by atoms with Gasteiger partial charge in [-0.25, -0.2) is 0 Å². The Hall–Kier alpha value is -2.11. The highest BCUT2D eigenvalue weighted by molar-refractivity contribution is 5.96. The number of amides is 1. The molecule has 0 bridgehead atoms. The van der Waals surface area contributed by atoms with E-state index in [0.29, 0.717) is 12.1 Å². The normalized spacial score (nSPS) is 10.8. The van der Waals surface area contributed by atoms with Crippen molar-refractivity contribution in [2.24, 2.45) is 7.05 Å².